The van der Waals surface area contributed by atoms with Gasteiger partial charge in [0.1, 0.15) is 5.82 Å². The molecule has 0 spiro atoms. The Bertz CT molecular complexity index is 305. The van der Waals surface area contributed by atoms with Gasteiger partial charge in [-0.3, -0.25) is 11.3 Å². The first-order valence-corrected chi connectivity index (χ1v) is 5.90. The minimum Gasteiger partial charge on any atom is -0.271 e. The zero-order valence-electron chi connectivity index (χ0n) is 10.1. The number of hydrogen-bond acceptors (Lipinski definition) is 2. The van der Waals surface area contributed by atoms with Gasteiger partial charge in [0, 0.05) is 6.04 Å². The molecule has 3 heteroatoms. The Kier molecular flexibility index (Phi) is 5.43. The highest BCUT2D eigenvalue weighted by molar-refractivity contribution is 5.26. The molecule has 0 heterocycles. The second-order valence-electron chi connectivity index (χ2n) is 4.28. The van der Waals surface area contributed by atoms with Crippen molar-refractivity contribution in [2.45, 2.75) is 45.6 Å². The molecule has 0 bridgehead atoms. The van der Waals surface area contributed by atoms with E-state index in [0.717, 1.165) is 24.0 Å². The van der Waals surface area contributed by atoms with Gasteiger partial charge in [-0.25, -0.2) is 4.39 Å². The van der Waals surface area contributed by atoms with E-state index in [9.17, 15) is 4.39 Å². The lowest BCUT2D eigenvalue weighted by Gasteiger charge is -2.16. The van der Waals surface area contributed by atoms with Crippen molar-refractivity contribution in [3.63, 3.8) is 0 Å². The molecule has 1 atom stereocenters. The Hall–Kier alpha value is -0.930. The lowest BCUT2D eigenvalue weighted by atomic mass is 9.99. The van der Waals surface area contributed by atoms with Crippen molar-refractivity contribution in [2.75, 3.05) is 0 Å². The first-order valence-electron chi connectivity index (χ1n) is 5.90. The van der Waals surface area contributed by atoms with Crippen LogP contribution in [-0.2, 0) is 0 Å². The number of benzene rings is 1. The normalized spacial score (nSPS) is 12.8. The second-order valence-corrected chi connectivity index (χ2v) is 4.28. The minimum atomic E-state index is -0.189. The standard InChI is InChI=1S/C13H21FN2/c1-3-4-5-6-13(16-15)11-7-10(2)8-12(14)9-11/h7-9,13,16H,3-6,15H2,1-2H3. The van der Waals surface area contributed by atoms with E-state index in [-0.39, 0.29) is 11.9 Å². The maximum atomic E-state index is 13.2. The molecule has 1 rings (SSSR count). The topological polar surface area (TPSA) is 38.0 Å². The van der Waals surface area contributed by atoms with Gasteiger partial charge in [-0.05, 0) is 36.6 Å². The molecule has 0 fully saturated rings. The highest BCUT2D eigenvalue weighted by Gasteiger charge is 2.10. The fourth-order valence-electron chi connectivity index (χ4n) is 1.91. The van der Waals surface area contributed by atoms with Crippen molar-refractivity contribution in [3.05, 3.63) is 35.1 Å². The monoisotopic (exact) mass is 224 g/mol. The summed E-state index contributed by atoms with van der Waals surface area (Å²) in [7, 11) is 0. The quantitative estimate of drug-likeness (QED) is 0.442. The van der Waals surface area contributed by atoms with Crippen molar-refractivity contribution >= 4 is 0 Å². The zero-order valence-corrected chi connectivity index (χ0v) is 10.1. The molecule has 1 aromatic carbocycles. The van der Waals surface area contributed by atoms with Crippen LogP contribution in [0, 0.1) is 12.7 Å². The minimum absolute atomic E-state index is 0.0564. The second kappa shape index (κ2) is 6.61. The molecule has 2 nitrogen and oxygen atoms in total. The van der Waals surface area contributed by atoms with Crippen molar-refractivity contribution < 1.29 is 4.39 Å². The number of nitrogens with one attached hydrogen (secondary N) is 1. The smallest absolute Gasteiger partial charge is 0.123 e. The predicted octanol–water partition coefficient (Wildman–Crippen LogP) is 3.22. The largest absolute Gasteiger partial charge is 0.271 e. The first kappa shape index (κ1) is 13.1. The van der Waals surface area contributed by atoms with Crippen molar-refractivity contribution in [3.8, 4) is 0 Å². The fourth-order valence-corrected chi connectivity index (χ4v) is 1.91. The van der Waals surface area contributed by atoms with E-state index >= 15 is 0 Å². The molecule has 0 amide bonds. The van der Waals surface area contributed by atoms with Crippen LogP contribution in [-0.4, -0.2) is 0 Å². The third-order valence-corrected chi connectivity index (χ3v) is 2.76. The summed E-state index contributed by atoms with van der Waals surface area (Å²) < 4.78 is 13.2. The molecular formula is C13H21FN2. The Morgan fingerprint density at radius 2 is 2.06 bits per heavy atom. The third kappa shape index (κ3) is 3.91. The molecule has 90 valence electrons. The van der Waals surface area contributed by atoms with Crippen LogP contribution < -0.4 is 11.3 Å². The number of unbranched alkanes of at least 4 members (excludes halogenated alkanes) is 2. The summed E-state index contributed by atoms with van der Waals surface area (Å²) in [6.45, 7) is 4.06. The molecular weight excluding hydrogens is 203 g/mol. The van der Waals surface area contributed by atoms with Crippen LogP contribution >= 0.6 is 0 Å². The summed E-state index contributed by atoms with van der Waals surface area (Å²) in [5.74, 6) is 5.33. The molecule has 0 saturated carbocycles. The Morgan fingerprint density at radius 3 is 2.62 bits per heavy atom. The van der Waals surface area contributed by atoms with E-state index in [1.807, 2.05) is 13.0 Å². The number of hydrazine groups is 1. The van der Waals surface area contributed by atoms with Gasteiger partial charge in [0.15, 0.2) is 0 Å². The van der Waals surface area contributed by atoms with Gasteiger partial charge in [0.25, 0.3) is 0 Å². The molecule has 16 heavy (non-hydrogen) atoms. The summed E-state index contributed by atoms with van der Waals surface area (Å²) >= 11 is 0. The SMILES string of the molecule is CCCCCC(NN)c1cc(C)cc(F)c1. The lowest BCUT2D eigenvalue weighted by Crippen LogP contribution is -2.28. The van der Waals surface area contributed by atoms with E-state index in [0.29, 0.717) is 0 Å². The van der Waals surface area contributed by atoms with E-state index in [2.05, 4.69) is 12.3 Å². The summed E-state index contributed by atoms with van der Waals surface area (Å²) in [5.41, 5.74) is 4.64. The van der Waals surface area contributed by atoms with Crippen molar-refractivity contribution in [1.29, 1.82) is 0 Å². The summed E-state index contributed by atoms with van der Waals surface area (Å²) in [4.78, 5) is 0. The Balaban J connectivity index is 2.70. The van der Waals surface area contributed by atoms with Crippen LogP contribution in [0.2, 0.25) is 0 Å². The van der Waals surface area contributed by atoms with Crippen LogP contribution in [0.3, 0.4) is 0 Å². The molecule has 0 saturated heterocycles. The first-order chi connectivity index (χ1) is 7.67. The van der Waals surface area contributed by atoms with Crippen LogP contribution in [0.5, 0.6) is 0 Å². The fraction of sp³-hybridized carbons (Fsp3) is 0.538. The summed E-state index contributed by atoms with van der Waals surface area (Å²) in [5, 5.41) is 0. The predicted molar refractivity (Wildman–Crippen MR) is 65.3 cm³/mol. The maximum Gasteiger partial charge on any atom is 0.123 e. The number of halogens is 1. The zero-order chi connectivity index (χ0) is 12.0. The molecule has 0 aliphatic carbocycles. The highest BCUT2D eigenvalue weighted by atomic mass is 19.1. The number of aryl methyl sites for hydroxylation is 1. The van der Waals surface area contributed by atoms with Crippen LogP contribution in [0.4, 0.5) is 4.39 Å². The maximum absolute atomic E-state index is 13.2. The van der Waals surface area contributed by atoms with E-state index < -0.39 is 0 Å². The van der Waals surface area contributed by atoms with Gasteiger partial charge in [-0.1, -0.05) is 32.3 Å². The number of hydrogen-bond donors (Lipinski definition) is 2. The Labute approximate surface area is 97.0 Å². The van der Waals surface area contributed by atoms with E-state index in [1.54, 1.807) is 6.07 Å². The van der Waals surface area contributed by atoms with Crippen molar-refractivity contribution in [2.24, 2.45) is 5.84 Å². The highest BCUT2D eigenvalue weighted by Crippen LogP contribution is 2.21. The van der Waals surface area contributed by atoms with Gasteiger partial charge < -0.3 is 0 Å². The van der Waals surface area contributed by atoms with Crippen molar-refractivity contribution in [1.82, 2.24) is 5.43 Å². The van der Waals surface area contributed by atoms with Gasteiger partial charge >= 0.3 is 0 Å². The van der Waals surface area contributed by atoms with Gasteiger partial charge in [0.05, 0.1) is 0 Å². The average Bonchev–Trinajstić information content (AvgIpc) is 2.23. The molecule has 3 N–H and O–H groups in total. The molecule has 0 aliphatic rings. The van der Waals surface area contributed by atoms with Gasteiger partial charge in [-0.2, -0.15) is 0 Å². The molecule has 1 aromatic rings. The number of rotatable bonds is 6. The Morgan fingerprint density at radius 1 is 1.31 bits per heavy atom. The van der Waals surface area contributed by atoms with Gasteiger partial charge in [-0.15, -0.1) is 0 Å². The summed E-state index contributed by atoms with van der Waals surface area (Å²) in [6.07, 6.45) is 4.43. The third-order valence-electron chi connectivity index (χ3n) is 2.76. The summed E-state index contributed by atoms with van der Waals surface area (Å²) in [6, 6.07) is 5.13. The van der Waals surface area contributed by atoms with E-state index in [1.165, 1.54) is 18.9 Å². The van der Waals surface area contributed by atoms with Crippen LogP contribution in [0.1, 0.15) is 49.8 Å². The lowest BCUT2D eigenvalue weighted by molar-refractivity contribution is 0.483. The van der Waals surface area contributed by atoms with Crippen LogP contribution in [0.15, 0.2) is 18.2 Å². The molecule has 0 aliphatic heterocycles. The molecule has 1 unspecified atom stereocenters. The van der Waals surface area contributed by atoms with E-state index in [4.69, 9.17) is 5.84 Å². The molecule has 0 radical (unpaired) electrons. The van der Waals surface area contributed by atoms with Crippen LogP contribution in [0.25, 0.3) is 0 Å². The van der Waals surface area contributed by atoms with Gasteiger partial charge in [0.2, 0.25) is 0 Å². The number of nitrogens with two attached hydrogens (primary N) is 1. The average molecular weight is 224 g/mol. The molecule has 0 aromatic heterocycles.